The third kappa shape index (κ3) is 3.73. The van der Waals surface area contributed by atoms with Crippen molar-refractivity contribution in [2.75, 3.05) is 25.0 Å². The number of likely N-dealkylation sites (tertiary alicyclic amines) is 1. The first-order valence-corrected chi connectivity index (χ1v) is 8.07. The molecule has 0 saturated carbocycles. The first-order valence-electron chi connectivity index (χ1n) is 8.07. The number of anilines is 1. The Morgan fingerprint density at radius 1 is 1.21 bits per heavy atom. The van der Waals surface area contributed by atoms with Crippen molar-refractivity contribution >= 4 is 34.3 Å². The summed E-state index contributed by atoms with van der Waals surface area (Å²) in [6.45, 7) is 1.77. The molecule has 0 unspecified atom stereocenters. The molecule has 0 radical (unpaired) electrons. The maximum atomic E-state index is 11.9. The number of fused-ring (bicyclic) bond motifs is 1. The van der Waals surface area contributed by atoms with E-state index >= 15 is 0 Å². The number of nitrogens with one attached hydrogen (secondary N) is 3. The van der Waals surface area contributed by atoms with Crippen LogP contribution < -0.4 is 10.6 Å². The van der Waals surface area contributed by atoms with Gasteiger partial charge in [-0.15, -0.1) is 0 Å². The lowest BCUT2D eigenvalue weighted by Crippen LogP contribution is -2.37. The average Bonchev–Trinajstić information content (AvgIpc) is 3.19. The minimum atomic E-state index is -0.696. The monoisotopic (exact) mass is 328 g/mol. The van der Waals surface area contributed by atoms with Crippen molar-refractivity contribution in [1.82, 2.24) is 15.2 Å². The van der Waals surface area contributed by atoms with Crippen molar-refractivity contribution < 1.29 is 14.4 Å². The highest BCUT2D eigenvalue weighted by atomic mass is 16.2. The summed E-state index contributed by atoms with van der Waals surface area (Å²) in [5, 5.41) is 6.19. The molecular formula is C17H20N4O3. The molecule has 1 aliphatic heterocycles. The predicted octanol–water partition coefficient (Wildman–Crippen LogP) is 1.24. The molecule has 7 nitrogen and oxygen atoms in total. The number of rotatable bonds is 5. The van der Waals surface area contributed by atoms with Gasteiger partial charge in [-0.3, -0.25) is 14.4 Å². The van der Waals surface area contributed by atoms with Gasteiger partial charge in [0.1, 0.15) is 0 Å². The highest BCUT2D eigenvalue weighted by Crippen LogP contribution is 2.17. The fourth-order valence-electron chi connectivity index (χ4n) is 2.81. The van der Waals surface area contributed by atoms with E-state index in [2.05, 4.69) is 15.6 Å². The van der Waals surface area contributed by atoms with Gasteiger partial charge in [-0.05, 0) is 36.4 Å². The van der Waals surface area contributed by atoms with Crippen LogP contribution in [-0.2, 0) is 14.4 Å². The van der Waals surface area contributed by atoms with E-state index in [1.165, 1.54) is 0 Å². The van der Waals surface area contributed by atoms with Gasteiger partial charge >= 0.3 is 11.8 Å². The average molecular weight is 328 g/mol. The number of aromatic nitrogens is 1. The minimum absolute atomic E-state index is 0.166. The summed E-state index contributed by atoms with van der Waals surface area (Å²) < 4.78 is 0. The maximum absolute atomic E-state index is 11.9. The van der Waals surface area contributed by atoms with Crippen LogP contribution in [0.5, 0.6) is 0 Å². The van der Waals surface area contributed by atoms with Crippen LogP contribution in [0.3, 0.4) is 0 Å². The topological polar surface area (TPSA) is 94.3 Å². The molecule has 7 heteroatoms. The molecular weight excluding hydrogens is 308 g/mol. The Morgan fingerprint density at radius 3 is 2.88 bits per heavy atom. The quantitative estimate of drug-likeness (QED) is 0.569. The molecule has 0 spiro atoms. The van der Waals surface area contributed by atoms with Gasteiger partial charge < -0.3 is 20.5 Å². The molecule has 1 fully saturated rings. The Hall–Kier alpha value is -2.83. The van der Waals surface area contributed by atoms with Crippen LogP contribution in [0.25, 0.3) is 10.9 Å². The molecule has 3 rings (SSSR count). The molecule has 126 valence electrons. The van der Waals surface area contributed by atoms with Crippen molar-refractivity contribution in [2.45, 2.75) is 19.3 Å². The van der Waals surface area contributed by atoms with Crippen molar-refractivity contribution in [3.63, 3.8) is 0 Å². The highest BCUT2D eigenvalue weighted by molar-refractivity contribution is 6.39. The largest absolute Gasteiger partial charge is 0.361 e. The number of aromatic amines is 1. The molecule has 0 aliphatic carbocycles. The number of carbonyl (C=O) groups excluding carboxylic acids is 3. The lowest BCUT2D eigenvalue weighted by atomic mass is 10.2. The molecule has 1 aromatic heterocycles. The highest BCUT2D eigenvalue weighted by Gasteiger charge is 2.19. The lowest BCUT2D eigenvalue weighted by molar-refractivity contribution is -0.136. The van der Waals surface area contributed by atoms with Gasteiger partial charge in [-0.2, -0.15) is 0 Å². The van der Waals surface area contributed by atoms with Crippen LogP contribution in [0.15, 0.2) is 30.5 Å². The second-order valence-electron chi connectivity index (χ2n) is 5.83. The zero-order chi connectivity index (χ0) is 16.9. The number of nitrogens with zero attached hydrogens (tertiary/aromatic N) is 1. The van der Waals surface area contributed by atoms with Crippen LogP contribution in [0.1, 0.15) is 19.3 Å². The zero-order valence-electron chi connectivity index (χ0n) is 13.3. The summed E-state index contributed by atoms with van der Waals surface area (Å²) in [6.07, 6.45) is 3.96. The second kappa shape index (κ2) is 7.16. The van der Waals surface area contributed by atoms with Crippen LogP contribution in [0.4, 0.5) is 5.69 Å². The van der Waals surface area contributed by atoms with Crippen molar-refractivity contribution in [1.29, 1.82) is 0 Å². The summed E-state index contributed by atoms with van der Waals surface area (Å²) in [5.74, 6) is -1.20. The standard InChI is InChI=1S/C17H20N4O3/c22-15-3-1-9-21(15)10-2-7-19-16(23)17(24)20-13-5-4-12-6-8-18-14(12)11-13/h4-6,8,11,18H,1-3,7,9-10H2,(H,19,23)(H,20,24). The van der Waals surface area contributed by atoms with E-state index in [1.54, 1.807) is 17.0 Å². The molecule has 0 bridgehead atoms. The number of H-pyrrole nitrogens is 1. The van der Waals surface area contributed by atoms with Crippen LogP contribution in [-0.4, -0.2) is 47.2 Å². The zero-order valence-corrected chi connectivity index (χ0v) is 13.3. The van der Waals surface area contributed by atoms with E-state index in [4.69, 9.17) is 0 Å². The summed E-state index contributed by atoms with van der Waals surface area (Å²) >= 11 is 0. The fourth-order valence-corrected chi connectivity index (χ4v) is 2.81. The van der Waals surface area contributed by atoms with E-state index < -0.39 is 11.8 Å². The van der Waals surface area contributed by atoms with E-state index in [-0.39, 0.29) is 5.91 Å². The number of benzene rings is 1. The Balaban J connectivity index is 1.42. The Kier molecular flexibility index (Phi) is 4.79. The number of amides is 3. The lowest BCUT2D eigenvalue weighted by Gasteiger charge is -2.15. The predicted molar refractivity (Wildman–Crippen MR) is 90.4 cm³/mol. The van der Waals surface area contributed by atoms with Gasteiger partial charge in [0.2, 0.25) is 5.91 Å². The summed E-state index contributed by atoms with van der Waals surface area (Å²) in [7, 11) is 0. The van der Waals surface area contributed by atoms with Gasteiger partial charge in [0, 0.05) is 43.5 Å². The normalized spacial score (nSPS) is 14.2. The number of hydrogen-bond acceptors (Lipinski definition) is 3. The number of carbonyl (C=O) groups is 3. The molecule has 2 aromatic rings. The molecule has 3 N–H and O–H groups in total. The molecule has 1 aromatic carbocycles. The van der Waals surface area contributed by atoms with Crippen molar-refractivity contribution in [3.05, 3.63) is 30.5 Å². The maximum Gasteiger partial charge on any atom is 0.313 e. The summed E-state index contributed by atoms with van der Waals surface area (Å²) in [5.41, 5.74) is 1.45. The van der Waals surface area contributed by atoms with Gasteiger partial charge in [0.25, 0.3) is 0 Å². The first kappa shape index (κ1) is 16.0. The Morgan fingerprint density at radius 2 is 2.08 bits per heavy atom. The smallest absolute Gasteiger partial charge is 0.313 e. The molecule has 3 amide bonds. The summed E-state index contributed by atoms with van der Waals surface area (Å²) in [4.78, 5) is 40.0. The van der Waals surface area contributed by atoms with E-state index in [0.717, 1.165) is 23.9 Å². The summed E-state index contributed by atoms with van der Waals surface area (Å²) in [6, 6.07) is 7.32. The third-order valence-electron chi connectivity index (χ3n) is 4.08. The van der Waals surface area contributed by atoms with Gasteiger partial charge in [0.15, 0.2) is 0 Å². The SMILES string of the molecule is O=C(NCCCN1CCCC1=O)C(=O)Nc1ccc2cc[nH]c2c1. The molecule has 1 saturated heterocycles. The van der Waals surface area contributed by atoms with Crippen molar-refractivity contribution in [3.8, 4) is 0 Å². The first-order chi connectivity index (χ1) is 11.6. The Bertz CT molecular complexity index is 768. The molecule has 1 aliphatic rings. The fraction of sp³-hybridized carbons (Fsp3) is 0.353. The molecule has 24 heavy (non-hydrogen) atoms. The second-order valence-corrected chi connectivity index (χ2v) is 5.83. The van der Waals surface area contributed by atoms with Crippen LogP contribution in [0, 0.1) is 0 Å². The van der Waals surface area contributed by atoms with Crippen LogP contribution >= 0.6 is 0 Å². The van der Waals surface area contributed by atoms with Crippen molar-refractivity contribution in [2.24, 2.45) is 0 Å². The third-order valence-corrected chi connectivity index (χ3v) is 4.08. The van der Waals surface area contributed by atoms with E-state index in [1.807, 2.05) is 18.3 Å². The number of hydrogen-bond donors (Lipinski definition) is 3. The van der Waals surface area contributed by atoms with Crippen LogP contribution in [0.2, 0.25) is 0 Å². The van der Waals surface area contributed by atoms with Gasteiger partial charge in [-0.25, -0.2) is 0 Å². The molecule has 2 heterocycles. The van der Waals surface area contributed by atoms with Gasteiger partial charge in [0.05, 0.1) is 0 Å². The van der Waals surface area contributed by atoms with Gasteiger partial charge in [-0.1, -0.05) is 6.07 Å². The van der Waals surface area contributed by atoms with E-state index in [9.17, 15) is 14.4 Å². The molecule has 0 atom stereocenters. The minimum Gasteiger partial charge on any atom is -0.361 e. The van der Waals surface area contributed by atoms with E-state index in [0.29, 0.717) is 31.6 Å². The Labute approximate surface area is 139 Å².